The van der Waals surface area contributed by atoms with E-state index in [0.29, 0.717) is 10.9 Å². The number of amides is 1. The molecule has 4 nitrogen and oxygen atoms in total. The largest absolute Gasteiger partial charge is 0.482 e. The van der Waals surface area contributed by atoms with Gasteiger partial charge in [-0.1, -0.05) is 11.6 Å². The molecule has 0 saturated carbocycles. The molecule has 1 atom stereocenters. The summed E-state index contributed by atoms with van der Waals surface area (Å²) in [5, 5.41) is 4.01. The average molecular weight is 281 g/mol. The minimum Gasteiger partial charge on any atom is -0.482 e. The van der Waals surface area contributed by atoms with E-state index in [-0.39, 0.29) is 12.5 Å². The Hall–Kier alpha value is -1.26. The van der Waals surface area contributed by atoms with E-state index in [1.165, 1.54) is 6.42 Å². The minimum atomic E-state index is 0.0142. The molecule has 102 valence electrons. The Labute approximate surface area is 117 Å². The molecule has 1 aromatic rings. The third kappa shape index (κ3) is 2.69. The molecule has 5 heteroatoms. The number of benzene rings is 1. The molecular formula is C14H17ClN2O2. The van der Waals surface area contributed by atoms with Crippen LogP contribution in [0, 0.1) is 5.92 Å². The second-order valence-electron chi connectivity index (χ2n) is 5.12. The number of ether oxygens (including phenoxy) is 1. The molecule has 19 heavy (non-hydrogen) atoms. The van der Waals surface area contributed by atoms with Crippen molar-refractivity contribution in [1.82, 2.24) is 5.32 Å². The van der Waals surface area contributed by atoms with Gasteiger partial charge in [-0.05, 0) is 50.0 Å². The Morgan fingerprint density at radius 1 is 1.47 bits per heavy atom. The summed E-state index contributed by atoms with van der Waals surface area (Å²) in [6, 6.07) is 5.43. The first-order chi connectivity index (χ1) is 9.24. The molecule has 1 aromatic carbocycles. The number of nitrogens with one attached hydrogen (secondary N) is 1. The fourth-order valence-corrected chi connectivity index (χ4v) is 2.88. The number of carbonyl (C=O) groups is 1. The van der Waals surface area contributed by atoms with Crippen LogP contribution in [0.25, 0.3) is 0 Å². The number of rotatable bonds is 2. The smallest absolute Gasteiger partial charge is 0.265 e. The Bertz CT molecular complexity index is 486. The van der Waals surface area contributed by atoms with Crippen molar-refractivity contribution < 1.29 is 9.53 Å². The van der Waals surface area contributed by atoms with E-state index in [0.717, 1.165) is 37.5 Å². The van der Waals surface area contributed by atoms with Crippen LogP contribution in [0.15, 0.2) is 18.2 Å². The zero-order valence-electron chi connectivity index (χ0n) is 10.7. The first-order valence-electron chi connectivity index (χ1n) is 6.67. The number of fused-ring (bicyclic) bond motifs is 1. The van der Waals surface area contributed by atoms with Gasteiger partial charge >= 0.3 is 0 Å². The maximum atomic E-state index is 12.1. The monoisotopic (exact) mass is 280 g/mol. The molecular weight excluding hydrogens is 264 g/mol. The fraction of sp³-hybridized carbons (Fsp3) is 0.500. The zero-order valence-corrected chi connectivity index (χ0v) is 11.4. The average Bonchev–Trinajstić information content (AvgIpc) is 2.43. The van der Waals surface area contributed by atoms with E-state index < -0.39 is 0 Å². The summed E-state index contributed by atoms with van der Waals surface area (Å²) in [7, 11) is 0. The molecule has 2 aliphatic heterocycles. The fourth-order valence-electron chi connectivity index (χ4n) is 2.71. The highest BCUT2D eigenvalue weighted by Gasteiger charge is 2.28. The van der Waals surface area contributed by atoms with Gasteiger partial charge in [0.25, 0.3) is 5.91 Å². The standard InChI is InChI=1S/C14H17ClN2O2/c15-11-3-4-13-12(6-11)17(14(18)9-19-13)8-10-2-1-5-16-7-10/h3-4,6,10,16H,1-2,5,7-9H2. The first kappa shape index (κ1) is 12.8. The number of hydrogen-bond acceptors (Lipinski definition) is 3. The van der Waals surface area contributed by atoms with E-state index in [1.54, 1.807) is 6.07 Å². The Morgan fingerprint density at radius 3 is 3.16 bits per heavy atom. The van der Waals surface area contributed by atoms with Crippen molar-refractivity contribution in [2.45, 2.75) is 12.8 Å². The third-order valence-electron chi connectivity index (χ3n) is 3.70. The second kappa shape index (κ2) is 5.39. The van der Waals surface area contributed by atoms with Gasteiger partial charge < -0.3 is 15.0 Å². The topological polar surface area (TPSA) is 41.6 Å². The molecule has 0 bridgehead atoms. The lowest BCUT2D eigenvalue weighted by Gasteiger charge is -2.33. The van der Waals surface area contributed by atoms with Crippen LogP contribution in [-0.2, 0) is 4.79 Å². The van der Waals surface area contributed by atoms with E-state index in [4.69, 9.17) is 16.3 Å². The normalized spacial score (nSPS) is 22.9. The predicted molar refractivity (Wildman–Crippen MR) is 74.9 cm³/mol. The van der Waals surface area contributed by atoms with E-state index >= 15 is 0 Å². The number of halogens is 1. The first-order valence-corrected chi connectivity index (χ1v) is 7.05. The summed E-state index contributed by atoms with van der Waals surface area (Å²) < 4.78 is 5.44. The molecule has 3 rings (SSSR count). The molecule has 0 aliphatic carbocycles. The highest BCUT2D eigenvalue weighted by Crippen LogP contribution is 2.35. The van der Waals surface area contributed by atoms with Gasteiger partial charge in [0.1, 0.15) is 5.75 Å². The van der Waals surface area contributed by atoms with Gasteiger partial charge in [-0.3, -0.25) is 4.79 Å². The number of piperidine rings is 1. The van der Waals surface area contributed by atoms with Crippen LogP contribution in [0.2, 0.25) is 5.02 Å². The molecule has 0 aromatic heterocycles. The summed E-state index contributed by atoms with van der Waals surface area (Å²) in [6.07, 6.45) is 2.33. The van der Waals surface area contributed by atoms with Gasteiger partial charge in [0, 0.05) is 11.6 Å². The third-order valence-corrected chi connectivity index (χ3v) is 3.94. The maximum absolute atomic E-state index is 12.1. The Morgan fingerprint density at radius 2 is 2.37 bits per heavy atom. The lowest BCUT2D eigenvalue weighted by molar-refractivity contribution is -0.121. The van der Waals surface area contributed by atoms with Gasteiger partial charge in [0.05, 0.1) is 5.69 Å². The Balaban J connectivity index is 1.83. The van der Waals surface area contributed by atoms with Crippen molar-refractivity contribution in [2.24, 2.45) is 5.92 Å². The van der Waals surface area contributed by atoms with E-state index in [9.17, 15) is 4.79 Å². The van der Waals surface area contributed by atoms with Gasteiger partial charge in [0.2, 0.25) is 0 Å². The summed E-state index contributed by atoms with van der Waals surface area (Å²) >= 11 is 6.03. The summed E-state index contributed by atoms with van der Waals surface area (Å²) in [6.45, 7) is 2.91. The number of anilines is 1. The van der Waals surface area contributed by atoms with E-state index in [1.807, 2.05) is 17.0 Å². The van der Waals surface area contributed by atoms with Crippen molar-refractivity contribution in [3.63, 3.8) is 0 Å². The summed E-state index contributed by atoms with van der Waals surface area (Å²) in [5.41, 5.74) is 0.800. The van der Waals surface area contributed by atoms with E-state index in [2.05, 4.69) is 5.32 Å². The molecule has 0 radical (unpaired) electrons. The molecule has 0 spiro atoms. The van der Waals surface area contributed by atoms with Crippen LogP contribution in [0.3, 0.4) is 0 Å². The molecule has 1 unspecified atom stereocenters. The summed E-state index contributed by atoms with van der Waals surface area (Å²) in [4.78, 5) is 13.9. The second-order valence-corrected chi connectivity index (χ2v) is 5.55. The summed E-state index contributed by atoms with van der Waals surface area (Å²) in [5.74, 6) is 1.26. The minimum absolute atomic E-state index is 0.0142. The Kier molecular flexibility index (Phi) is 3.62. The molecule has 2 heterocycles. The van der Waals surface area contributed by atoms with Crippen LogP contribution in [0.1, 0.15) is 12.8 Å². The van der Waals surface area contributed by atoms with Crippen molar-refractivity contribution in [3.8, 4) is 5.75 Å². The zero-order chi connectivity index (χ0) is 13.2. The van der Waals surface area contributed by atoms with Crippen molar-refractivity contribution in [1.29, 1.82) is 0 Å². The number of carbonyl (C=O) groups excluding carboxylic acids is 1. The van der Waals surface area contributed by atoms with Crippen LogP contribution in [-0.4, -0.2) is 32.1 Å². The van der Waals surface area contributed by atoms with Crippen LogP contribution in [0.5, 0.6) is 5.75 Å². The van der Waals surface area contributed by atoms with Crippen LogP contribution < -0.4 is 15.0 Å². The van der Waals surface area contributed by atoms with Crippen LogP contribution >= 0.6 is 11.6 Å². The molecule has 1 saturated heterocycles. The lowest BCUT2D eigenvalue weighted by atomic mass is 9.98. The van der Waals surface area contributed by atoms with Gasteiger partial charge in [-0.2, -0.15) is 0 Å². The van der Waals surface area contributed by atoms with Crippen LogP contribution in [0.4, 0.5) is 5.69 Å². The van der Waals surface area contributed by atoms with Gasteiger partial charge in [0.15, 0.2) is 6.61 Å². The SMILES string of the molecule is O=C1COc2ccc(Cl)cc2N1CC1CCCNC1. The molecule has 2 aliphatic rings. The van der Waals surface area contributed by atoms with Crippen molar-refractivity contribution in [3.05, 3.63) is 23.2 Å². The van der Waals surface area contributed by atoms with Gasteiger partial charge in [-0.25, -0.2) is 0 Å². The van der Waals surface area contributed by atoms with Gasteiger partial charge in [-0.15, -0.1) is 0 Å². The van der Waals surface area contributed by atoms with Crippen molar-refractivity contribution in [2.75, 3.05) is 31.1 Å². The van der Waals surface area contributed by atoms with Crippen molar-refractivity contribution >= 4 is 23.2 Å². The maximum Gasteiger partial charge on any atom is 0.265 e. The number of hydrogen-bond donors (Lipinski definition) is 1. The molecule has 1 N–H and O–H groups in total. The molecule has 1 amide bonds. The number of nitrogens with zero attached hydrogens (tertiary/aromatic N) is 1. The molecule has 1 fully saturated rings. The highest BCUT2D eigenvalue weighted by atomic mass is 35.5. The predicted octanol–water partition coefficient (Wildman–Crippen LogP) is 2.06. The highest BCUT2D eigenvalue weighted by molar-refractivity contribution is 6.31. The lowest BCUT2D eigenvalue weighted by Crippen LogP contribution is -2.45. The quantitative estimate of drug-likeness (QED) is 0.902.